The second kappa shape index (κ2) is 8.75. The molecule has 6 nitrogen and oxygen atoms in total. The quantitative estimate of drug-likeness (QED) is 0.401. The van der Waals surface area contributed by atoms with E-state index in [1.54, 1.807) is 30.5 Å². The maximum Gasteiger partial charge on any atom is 0.292 e. The Hall–Kier alpha value is -4.06. The van der Waals surface area contributed by atoms with Crippen LogP contribution in [0.25, 0.3) is 10.8 Å². The summed E-state index contributed by atoms with van der Waals surface area (Å²) in [6.07, 6.45) is 1.61. The van der Waals surface area contributed by atoms with Crippen molar-refractivity contribution in [3.05, 3.63) is 111 Å². The normalized spacial score (nSPS) is 11.2. The van der Waals surface area contributed by atoms with Crippen LogP contribution >= 0.6 is 0 Å². The van der Waals surface area contributed by atoms with E-state index in [9.17, 15) is 9.59 Å². The number of nitrogens with one attached hydrogen (secondary N) is 1. The number of hydrogen-bond donors (Lipinski definition) is 1. The SMILES string of the molecule is Cc1ccc(/C=N\NC(=O)c2nn(Cc3ccccc3)c(=O)c3ccccc23)c(C)c1. The third-order valence-corrected chi connectivity index (χ3v) is 5.05. The van der Waals surface area contributed by atoms with Crippen LogP contribution in [0.15, 0.2) is 82.7 Å². The molecule has 154 valence electrons. The van der Waals surface area contributed by atoms with Gasteiger partial charge in [-0.1, -0.05) is 72.3 Å². The molecular weight excluding hydrogens is 388 g/mol. The van der Waals surface area contributed by atoms with E-state index in [2.05, 4.69) is 21.7 Å². The van der Waals surface area contributed by atoms with E-state index in [1.165, 1.54) is 4.68 Å². The Morgan fingerprint density at radius 3 is 2.45 bits per heavy atom. The summed E-state index contributed by atoms with van der Waals surface area (Å²) in [5, 5.41) is 9.41. The van der Waals surface area contributed by atoms with Crippen LogP contribution in [0.3, 0.4) is 0 Å². The Morgan fingerprint density at radius 2 is 1.71 bits per heavy atom. The molecular formula is C25H22N4O2. The van der Waals surface area contributed by atoms with Crippen molar-refractivity contribution in [3.8, 4) is 0 Å². The maximum absolute atomic E-state index is 12.9. The number of carbonyl (C=O) groups excluding carboxylic acids is 1. The highest BCUT2D eigenvalue weighted by molar-refractivity contribution is 6.05. The smallest absolute Gasteiger partial charge is 0.267 e. The van der Waals surface area contributed by atoms with Gasteiger partial charge in [0.25, 0.3) is 11.5 Å². The van der Waals surface area contributed by atoms with Crippen LogP contribution in [0.1, 0.15) is 32.7 Å². The minimum absolute atomic E-state index is 0.156. The minimum Gasteiger partial charge on any atom is -0.267 e. The van der Waals surface area contributed by atoms with Crippen molar-refractivity contribution < 1.29 is 4.79 Å². The van der Waals surface area contributed by atoms with Crippen LogP contribution in [0.4, 0.5) is 0 Å². The number of rotatable bonds is 5. The number of benzene rings is 3. The van der Waals surface area contributed by atoms with E-state index < -0.39 is 5.91 Å². The topological polar surface area (TPSA) is 76.3 Å². The lowest BCUT2D eigenvalue weighted by Gasteiger charge is -2.10. The summed E-state index contributed by atoms with van der Waals surface area (Å²) in [6.45, 7) is 4.29. The fourth-order valence-corrected chi connectivity index (χ4v) is 3.45. The van der Waals surface area contributed by atoms with Crippen LogP contribution in [-0.4, -0.2) is 21.9 Å². The zero-order valence-corrected chi connectivity index (χ0v) is 17.4. The molecule has 4 aromatic rings. The Bertz CT molecular complexity index is 1340. The fourth-order valence-electron chi connectivity index (χ4n) is 3.45. The maximum atomic E-state index is 12.9. The lowest BCUT2D eigenvalue weighted by Crippen LogP contribution is -2.29. The van der Waals surface area contributed by atoms with Gasteiger partial charge in [-0.05, 0) is 36.6 Å². The molecule has 0 atom stereocenters. The Balaban J connectivity index is 1.67. The van der Waals surface area contributed by atoms with E-state index in [0.717, 1.165) is 22.3 Å². The monoisotopic (exact) mass is 410 g/mol. The summed E-state index contributed by atoms with van der Waals surface area (Å²) in [6, 6.07) is 22.5. The molecule has 0 radical (unpaired) electrons. The first-order valence-electron chi connectivity index (χ1n) is 9.97. The van der Waals surface area contributed by atoms with Crippen molar-refractivity contribution in [2.24, 2.45) is 5.10 Å². The number of fused-ring (bicyclic) bond motifs is 1. The van der Waals surface area contributed by atoms with E-state index in [4.69, 9.17) is 0 Å². The van der Waals surface area contributed by atoms with Crippen molar-refractivity contribution in [3.63, 3.8) is 0 Å². The van der Waals surface area contributed by atoms with Crippen LogP contribution in [0.5, 0.6) is 0 Å². The number of aromatic nitrogens is 2. The molecule has 4 rings (SSSR count). The third kappa shape index (κ3) is 4.43. The molecule has 31 heavy (non-hydrogen) atoms. The molecule has 0 aliphatic carbocycles. The average Bonchev–Trinajstić information content (AvgIpc) is 2.78. The van der Waals surface area contributed by atoms with E-state index >= 15 is 0 Å². The number of hydrazone groups is 1. The molecule has 0 unspecified atom stereocenters. The Morgan fingerprint density at radius 1 is 1.00 bits per heavy atom. The highest BCUT2D eigenvalue weighted by Gasteiger charge is 2.16. The first-order valence-corrected chi connectivity index (χ1v) is 9.97. The summed E-state index contributed by atoms with van der Waals surface area (Å²) in [4.78, 5) is 25.8. The Labute approximate surface area is 179 Å². The summed E-state index contributed by atoms with van der Waals surface area (Å²) < 4.78 is 1.32. The molecule has 1 aromatic heterocycles. The number of hydrogen-bond acceptors (Lipinski definition) is 4. The average molecular weight is 410 g/mol. The number of nitrogens with zero attached hydrogens (tertiary/aromatic N) is 3. The van der Waals surface area contributed by atoms with Crippen molar-refractivity contribution >= 4 is 22.9 Å². The lowest BCUT2D eigenvalue weighted by molar-refractivity contribution is 0.0949. The van der Waals surface area contributed by atoms with Crippen molar-refractivity contribution in [2.45, 2.75) is 20.4 Å². The van der Waals surface area contributed by atoms with Gasteiger partial charge in [-0.2, -0.15) is 10.2 Å². The van der Waals surface area contributed by atoms with Crippen LogP contribution in [0, 0.1) is 13.8 Å². The van der Waals surface area contributed by atoms with Crippen LogP contribution < -0.4 is 11.0 Å². The van der Waals surface area contributed by atoms with E-state index in [0.29, 0.717) is 10.8 Å². The lowest BCUT2D eigenvalue weighted by atomic mass is 10.1. The highest BCUT2D eigenvalue weighted by Crippen LogP contribution is 2.14. The van der Waals surface area contributed by atoms with Gasteiger partial charge in [-0.25, -0.2) is 10.1 Å². The van der Waals surface area contributed by atoms with Crippen molar-refractivity contribution in [1.82, 2.24) is 15.2 Å². The van der Waals surface area contributed by atoms with Gasteiger partial charge in [0, 0.05) is 5.39 Å². The first-order chi connectivity index (χ1) is 15.0. The van der Waals surface area contributed by atoms with Gasteiger partial charge in [0.2, 0.25) is 0 Å². The standard InChI is InChI=1S/C25H22N4O2/c1-17-12-13-20(18(2)14-17)15-26-27-24(30)23-21-10-6-7-11-22(21)25(31)29(28-23)16-19-8-4-3-5-9-19/h3-15H,16H2,1-2H3,(H,27,30)/b26-15-. The molecule has 1 heterocycles. The molecule has 0 fully saturated rings. The van der Waals surface area contributed by atoms with Crippen molar-refractivity contribution in [1.29, 1.82) is 0 Å². The van der Waals surface area contributed by atoms with E-state index in [-0.39, 0.29) is 17.8 Å². The van der Waals surface area contributed by atoms with E-state index in [1.807, 2.05) is 56.3 Å². The molecule has 0 spiro atoms. The van der Waals surface area contributed by atoms with Gasteiger partial charge in [0.05, 0.1) is 18.1 Å². The first kappa shape index (κ1) is 20.2. The molecule has 1 N–H and O–H groups in total. The second-order valence-corrected chi connectivity index (χ2v) is 7.40. The minimum atomic E-state index is -0.473. The highest BCUT2D eigenvalue weighted by atomic mass is 16.2. The van der Waals surface area contributed by atoms with Gasteiger partial charge in [-0.3, -0.25) is 9.59 Å². The molecule has 1 amide bonds. The predicted molar refractivity (Wildman–Crippen MR) is 123 cm³/mol. The summed E-state index contributed by atoms with van der Waals surface area (Å²) in [7, 11) is 0. The number of carbonyl (C=O) groups is 1. The molecule has 0 aliphatic rings. The van der Waals surface area contributed by atoms with Gasteiger partial charge in [0.1, 0.15) is 0 Å². The third-order valence-electron chi connectivity index (χ3n) is 5.05. The van der Waals surface area contributed by atoms with Gasteiger partial charge in [-0.15, -0.1) is 0 Å². The Kier molecular flexibility index (Phi) is 5.71. The van der Waals surface area contributed by atoms with Crippen LogP contribution in [-0.2, 0) is 6.54 Å². The van der Waals surface area contributed by atoms with Gasteiger partial charge >= 0.3 is 0 Å². The van der Waals surface area contributed by atoms with Gasteiger partial charge < -0.3 is 0 Å². The molecule has 6 heteroatoms. The zero-order chi connectivity index (χ0) is 21.8. The molecule has 3 aromatic carbocycles. The molecule has 0 aliphatic heterocycles. The largest absolute Gasteiger partial charge is 0.292 e. The van der Waals surface area contributed by atoms with Crippen LogP contribution in [0.2, 0.25) is 0 Å². The predicted octanol–water partition coefficient (Wildman–Crippen LogP) is 3.83. The molecule has 0 saturated heterocycles. The summed E-state index contributed by atoms with van der Waals surface area (Å²) >= 11 is 0. The van der Waals surface area contributed by atoms with Gasteiger partial charge in [0.15, 0.2) is 5.69 Å². The molecule has 0 bridgehead atoms. The molecule has 0 saturated carbocycles. The fraction of sp³-hybridized carbons (Fsp3) is 0.120. The number of amides is 1. The zero-order valence-electron chi connectivity index (χ0n) is 17.4. The summed E-state index contributed by atoms with van der Waals surface area (Å²) in [5.41, 5.74) is 6.53. The second-order valence-electron chi connectivity index (χ2n) is 7.40. The number of aryl methyl sites for hydroxylation is 2. The van der Waals surface area contributed by atoms with Crippen molar-refractivity contribution in [2.75, 3.05) is 0 Å². The summed E-state index contributed by atoms with van der Waals surface area (Å²) in [5.74, 6) is -0.473.